The predicted octanol–water partition coefficient (Wildman–Crippen LogP) is 3.05. The Morgan fingerprint density at radius 3 is 2.85 bits per heavy atom. The summed E-state index contributed by atoms with van der Waals surface area (Å²) in [5.74, 6) is -0.0918. The van der Waals surface area contributed by atoms with Crippen LogP contribution < -0.4 is 10.6 Å². The Kier molecular flexibility index (Phi) is 3.46. The second-order valence-corrected chi connectivity index (χ2v) is 5.53. The molecule has 0 saturated heterocycles. The van der Waals surface area contributed by atoms with Gasteiger partial charge in [-0.15, -0.1) is 0 Å². The van der Waals surface area contributed by atoms with E-state index >= 15 is 0 Å². The van der Waals surface area contributed by atoms with Crippen molar-refractivity contribution in [2.45, 2.75) is 12.6 Å². The zero-order chi connectivity index (χ0) is 14.1. The van der Waals surface area contributed by atoms with E-state index in [0.717, 1.165) is 27.0 Å². The lowest BCUT2D eigenvalue weighted by Crippen LogP contribution is -2.20. The first-order valence-electron chi connectivity index (χ1n) is 6.24. The van der Waals surface area contributed by atoms with Gasteiger partial charge in [-0.2, -0.15) is 0 Å². The van der Waals surface area contributed by atoms with Gasteiger partial charge in [0.05, 0.1) is 6.61 Å². The molecule has 3 rings (SSSR count). The first-order chi connectivity index (χ1) is 9.69. The van der Waals surface area contributed by atoms with Crippen LogP contribution >= 0.6 is 15.9 Å². The Morgan fingerprint density at radius 1 is 1.25 bits per heavy atom. The molecule has 1 aliphatic rings. The van der Waals surface area contributed by atoms with Gasteiger partial charge in [0.2, 0.25) is 0 Å². The van der Waals surface area contributed by atoms with Crippen molar-refractivity contribution >= 4 is 33.2 Å². The monoisotopic (exact) mass is 332 g/mol. The van der Waals surface area contributed by atoms with E-state index in [1.54, 1.807) is 0 Å². The van der Waals surface area contributed by atoms with Crippen molar-refractivity contribution in [1.29, 1.82) is 0 Å². The summed E-state index contributed by atoms with van der Waals surface area (Å²) in [7, 11) is 0. The fraction of sp³-hybridized carbons (Fsp3) is 0.133. The number of hydrogen-bond donors (Lipinski definition) is 3. The number of anilines is 2. The number of rotatable bonds is 3. The summed E-state index contributed by atoms with van der Waals surface area (Å²) >= 11 is 3.42. The molecule has 102 valence electrons. The minimum Gasteiger partial charge on any atom is -0.392 e. The number of para-hydroxylation sites is 1. The maximum atomic E-state index is 12.1. The van der Waals surface area contributed by atoms with Crippen molar-refractivity contribution in [2.75, 3.05) is 10.6 Å². The Labute approximate surface area is 125 Å². The third kappa shape index (κ3) is 2.30. The van der Waals surface area contributed by atoms with Crippen molar-refractivity contribution in [3.8, 4) is 0 Å². The molecule has 1 unspecified atom stereocenters. The molecule has 0 saturated carbocycles. The summed E-state index contributed by atoms with van der Waals surface area (Å²) in [5, 5.41) is 15.4. The van der Waals surface area contributed by atoms with Crippen LogP contribution in [0.3, 0.4) is 0 Å². The summed E-state index contributed by atoms with van der Waals surface area (Å²) in [6.45, 7) is -0.0666. The van der Waals surface area contributed by atoms with Gasteiger partial charge in [-0.25, -0.2) is 0 Å². The van der Waals surface area contributed by atoms with Gasteiger partial charge in [-0.1, -0.05) is 34.1 Å². The molecule has 0 radical (unpaired) electrons. The first-order valence-corrected chi connectivity index (χ1v) is 7.04. The van der Waals surface area contributed by atoms with Crippen LogP contribution in [0.15, 0.2) is 46.9 Å². The van der Waals surface area contributed by atoms with E-state index in [2.05, 4.69) is 26.6 Å². The second-order valence-electron chi connectivity index (χ2n) is 4.61. The molecule has 1 heterocycles. The van der Waals surface area contributed by atoms with Crippen LogP contribution in [0.2, 0.25) is 0 Å². The Hall–Kier alpha value is -1.85. The number of fused-ring (bicyclic) bond motifs is 1. The highest BCUT2D eigenvalue weighted by molar-refractivity contribution is 9.10. The highest BCUT2D eigenvalue weighted by Gasteiger charge is 2.30. The van der Waals surface area contributed by atoms with E-state index in [1.807, 2.05) is 42.5 Å². The molecule has 1 amide bonds. The molecule has 0 spiro atoms. The van der Waals surface area contributed by atoms with Crippen molar-refractivity contribution in [1.82, 2.24) is 0 Å². The van der Waals surface area contributed by atoms with Gasteiger partial charge in [-0.05, 0) is 24.3 Å². The summed E-state index contributed by atoms with van der Waals surface area (Å²) < 4.78 is 0.926. The topological polar surface area (TPSA) is 61.4 Å². The van der Waals surface area contributed by atoms with E-state index in [1.165, 1.54) is 0 Å². The summed E-state index contributed by atoms with van der Waals surface area (Å²) in [6.07, 6.45) is 0. The number of nitrogens with one attached hydrogen (secondary N) is 2. The van der Waals surface area contributed by atoms with Crippen LogP contribution in [0.5, 0.6) is 0 Å². The maximum Gasteiger partial charge on any atom is 0.251 e. The molecule has 2 aromatic rings. The van der Waals surface area contributed by atoms with Crippen LogP contribution in [0, 0.1) is 0 Å². The number of benzene rings is 2. The standard InChI is InChI=1S/C15H13BrN2O2/c16-10-5-6-13-11(7-10)14(15(20)18-13)17-12-4-2-1-3-9(12)8-19/h1-7,14,17,19H,8H2,(H,18,20). The third-order valence-corrected chi connectivity index (χ3v) is 3.83. The number of carbonyl (C=O) groups is 1. The zero-order valence-electron chi connectivity index (χ0n) is 10.6. The molecule has 1 aliphatic heterocycles. The minimum atomic E-state index is -0.449. The lowest BCUT2D eigenvalue weighted by atomic mass is 10.1. The molecular weight excluding hydrogens is 320 g/mol. The summed E-state index contributed by atoms with van der Waals surface area (Å²) in [6, 6.07) is 12.7. The lowest BCUT2D eigenvalue weighted by molar-refractivity contribution is -0.116. The Bertz CT molecular complexity index is 673. The highest BCUT2D eigenvalue weighted by atomic mass is 79.9. The quantitative estimate of drug-likeness (QED) is 0.809. The predicted molar refractivity (Wildman–Crippen MR) is 81.5 cm³/mol. The number of halogens is 1. The first kappa shape index (κ1) is 13.1. The van der Waals surface area contributed by atoms with Crippen LogP contribution in [-0.2, 0) is 11.4 Å². The van der Waals surface area contributed by atoms with Gasteiger partial charge in [0.15, 0.2) is 0 Å². The molecular formula is C15H13BrN2O2. The average molecular weight is 333 g/mol. The van der Waals surface area contributed by atoms with E-state index in [-0.39, 0.29) is 12.5 Å². The van der Waals surface area contributed by atoms with E-state index in [9.17, 15) is 9.90 Å². The molecule has 3 N–H and O–H groups in total. The minimum absolute atomic E-state index is 0.0666. The normalized spacial score (nSPS) is 16.7. The van der Waals surface area contributed by atoms with Gasteiger partial charge in [-0.3, -0.25) is 4.79 Å². The SMILES string of the molecule is O=C1Nc2ccc(Br)cc2C1Nc1ccccc1CO. The number of aliphatic hydroxyl groups is 1. The number of carbonyl (C=O) groups excluding carboxylic acids is 1. The van der Waals surface area contributed by atoms with Crippen molar-refractivity contribution in [3.05, 3.63) is 58.1 Å². The van der Waals surface area contributed by atoms with Gasteiger partial charge in [0, 0.05) is 27.0 Å². The van der Waals surface area contributed by atoms with Crippen LogP contribution in [0.25, 0.3) is 0 Å². The number of aliphatic hydroxyl groups excluding tert-OH is 1. The summed E-state index contributed by atoms with van der Waals surface area (Å²) in [5.41, 5.74) is 3.25. The van der Waals surface area contributed by atoms with Crippen molar-refractivity contribution in [3.63, 3.8) is 0 Å². The van der Waals surface area contributed by atoms with Gasteiger partial charge in [0.25, 0.3) is 5.91 Å². The van der Waals surface area contributed by atoms with Crippen molar-refractivity contribution in [2.24, 2.45) is 0 Å². The van der Waals surface area contributed by atoms with E-state index in [0.29, 0.717) is 0 Å². The molecule has 5 heteroatoms. The third-order valence-electron chi connectivity index (χ3n) is 3.33. The number of amides is 1. The Balaban J connectivity index is 1.96. The molecule has 0 aromatic heterocycles. The second kappa shape index (κ2) is 5.26. The molecule has 0 aliphatic carbocycles. The molecule has 1 atom stereocenters. The van der Waals surface area contributed by atoms with Gasteiger partial charge >= 0.3 is 0 Å². The zero-order valence-corrected chi connectivity index (χ0v) is 12.1. The smallest absolute Gasteiger partial charge is 0.251 e. The average Bonchev–Trinajstić information content (AvgIpc) is 2.76. The molecule has 20 heavy (non-hydrogen) atoms. The fourth-order valence-corrected chi connectivity index (χ4v) is 2.71. The molecule has 2 aromatic carbocycles. The largest absolute Gasteiger partial charge is 0.392 e. The molecule has 4 nitrogen and oxygen atoms in total. The molecule has 0 bridgehead atoms. The van der Waals surface area contributed by atoms with Crippen LogP contribution in [0.1, 0.15) is 17.2 Å². The molecule has 0 fully saturated rings. The Morgan fingerprint density at radius 2 is 2.05 bits per heavy atom. The summed E-state index contributed by atoms with van der Waals surface area (Å²) in [4.78, 5) is 12.1. The highest BCUT2D eigenvalue weighted by Crippen LogP contribution is 2.35. The van der Waals surface area contributed by atoms with E-state index < -0.39 is 6.04 Å². The van der Waals surface area contributed by atoms with Crippen LogP contribution in [0.4, 0.5) is 11.4 Å². The van der Waals surface area contributed by atoms with Gasteiger partial charge in [0.1, 0.15) is 6.04 Å². The fourth-order valence-electron chi connectivity index (χ4n) is 2.33. The number of hydrogen-bond acceptors (Lipinski definition) is 3. The lowest BCUT2D eigenvalue weighted by Gasteiger charge is -2.15. The van der Waals surface area contributed by atoms with Crippen molar-refractivity contribution < 1.29 is 9.90 Å². The van der Waals surface area contributed by atoms with E-state index in [4.69, 9.17) is 0 Å². The van der Waals surface area contributed by atoms with Gasteiger partial charge < -0.3 is 15.7 Å². The maximum absolute atomic E-state index is 12.1. The van der Waals surface area contributed by atoms with Crippen LogP contribution in [-0.4, -0.2) is 11.0 Å².